The van der Waals surface area contributed by atoms with E-state index >= 15 is 0 Å². The molecule has 1 aliphatic rings. The van der Waals surface area contributed by atoms with E-state index < -0.39 is 80.2 Å². The van der Waals surface area contributed by atoms with Crippen LogP contribution in [0.25, 0.3) is 24.3 Å². The Morgan fingerprint density at radius 1 is 0.489 bits per heavy atom. The first kappa shape index (κ1) is 118. The molecule has 7 unspecified atom stereocenters. The smallest absolute Gasteiger partial charge is 0.420 e. The summed E-state index contributed by atoms with van der Waals surface area (Å²) in [6.45, 7) is 13.4. The zero-order valence-electron chi connectivity index (χ0n) is 75.2. The number of carbonyl (C=O) groups excluding carboxylic acids is 4. The number of aromatic nitrogens is 4. The molecule has 728 valence electrons. The highest BCUT2D eigenvalue weighted by molar-refractivity contribution is 14.1. The molecule has 0 aliphatic carbocycles. The van der Waals surface area contributed by atoms with Gasteiger partial charge in [-0.1, -0.05) is 289 Å². The lowest BCUT2D eigenvalue weighted by Crippen LogP contribution is -2.48. The molecule has 0 spiro atoms. The third-order valence-corrected chi connectivity index (χ3v) is 30.0. The number of ketones is 4. The molecule has 11 aromatic rings. The zero-order chi connectivity index (χ0) is 101. The number of benzene rings is 7. The summed E-state index contributed by atoms with van der Waals surface area (Å²) in [6.07, 6.45) is 3.69. The number of carbonyl (C=O) groups is 4. The lowest BCUT2D eigenvalue weighted by atomic mass is 9.91. The van der Waals surface area contributed by atoms with Crippen molar-refractivity contribution in [2.24, 2.45) is 4.40 Å². The van der Waals surface area contributed by atoms with E-state index in [1.54, 1.807) is 90.1 Å². The number of alkyl halides is 7. The molecule has 0 bridgehead atoms. The number of nitrogens with zero attached hydrogens (tertiary/aromatic N) is 5. The van der Waals surface area contributed by atoms with Crippen molar-refractivity contribution in [1.29, 1.82) is 0 Å². The third-order valence-electron chi connectivity index (χ3n) is 18.3. The Morgan fingerprint density at radius 2 is 0.847 bits per heavy atom. The van der Waals surface area contributed by atoms with Gasteiger partial charge in [0.05, 0.1) is 102 Å². The average Bonchev–Trinajstić information content (AvgIpc) is 1.67. The van der Waals surface area contributed by atoms with Gasteiger partial charge in [-0.2, -0.15) is 17.6 Å². The summed E-state index contributed by atoms with van der Waals surface area (Å²) in [5.41, 5.74) is 3.99. The average molecular weight is 2430 g/mol. The van der Waals surface area contributed by atoms with Gasteiger partial charge >= 0.3 is 6.18 Å². The third kappa shape index (κ3) is 39.0. The standard InChI is InChI=1S/C21H22ClF3N2O3S.C21H24ClIN2O3S.C21H18ClOP.C17H15ClINO3.C10H9ClO.C7H7ClINO2.C3H4Cl2O/c1-19(2,3)31(29)27-20(10-9-13-7-5-4-6-8-13)12-30-16-14(20)11-15(26-18(16)22)17(28)21(23,24)25;1-14(26)18-12-17(23)19(20(22)24-18)28-13-16(25-29(27)21(2,3)4)11-10-15-8-6-5-7-9-15;22-16-18(23)17-24(19-10-4-1-5-11-19,20-12-6-2-7-13-20)21-14-8-3-9-15-21;1-11(21)15-9-14(19)16(17(18)20-15)23-10-13(22)8-7-12-5-3-2-4-6-12;11-8-10(12)7-6-9-4-2-1-3-5-9;1-3(11)5-2-4(9)6(12)7(8)10-5;4-1-3(6)2-5/h4-11,17,27-28H,12H2,1-3H3;5-12,14,26H,13H2,1-4H3;1-15,17H,16H2;2-9,11,21H,10H2,1H3;1-7H,8H2;2-3,11-12H,1H3;1-2H2/b10-9+;11-10+,25-16?;;8-7+;7-6+;;. The van der Waals surface area contributed by atoms with E-state index in [-0.39, 0.29) is 104 Å². The Hall–Kier alpha value is -7.65. The predicted molar refractivity (Wildman–Crippen MR) is 580 cm³/mol. The molecule has 0 saturated carbocycles. The number of aromatic hydroxyl groups is 1. The van der Waals surface area contributed by atoms with Gasteiger partial charge in [-0.25, -0.2) is 33.1 Å². The summed E-state index contributed by atoms with van der Waals surface area (Å²) >= 11 is 51.2. The number of nitrogens with one attached hydrogen (secondary N) is 1. The van der Waals surface area contributed by atoms with Gasteiger partial charge in [0, 0.05) is 5.56 Å². The minimum atomic E-state index is -4.92. The van der Waals surface area contributed by atoms with Crippen molar-refractivity contribution in [3.8, 4) is 23.0 Å². The number of halogens is 14. The Bertz CT molecular complexity index is 5880. The second-order valence-corrected chi connectivity index (χ2v) is 44.3. The van der Waals surface area contributed by atoms with Crippen molar-refractivity contribution in [2.75, 3.05) is 43.3 Å². The number of aliphatic hydroxyl groups excluding tert-OH is 4. The van der Waals surface area contributed by atoms with Crippen LogP contribution >= 0.6 is 167 Å². The molecule has 37 heteroatoms. The summed E-state index contributed by atoms with van der Waals surface area (Å²) in [5, 5.41) is 50.8. The van der Waals surface area contributed by atoms with E-state index in [0.717, 1.165) is 47.8 Å². The first-order chi connectivity index (χ1) is 64.8. The van der Waals surface area contributed by atoms with E-state index in [0.29, 0.717) is 41.4 Å². The van der Waals surface area contributed by atoms with Crippen LogP contribution < -0.4 is 34.8 Å². The number of fused-ring (bicyclic) bond motifs is 1. The molecule has 0 fully saturated rings. The number of aliphatic hydroxyl groups is 4. The largest absolute Gasteiger partial charge is 0.504 e. The molecule has 6 N–H and O–H groups in total. The Labute approximate surface area is 881 Å². The van der Waals surface area contributed by atoms with Crippen LogP contribution in [0.15, 0.2) is 265 Å². The number of hydrogen-bond acceptors (Lipinski definition) is 18. The van der Waals surface area contributed by atoms with Crippen molar-refractivity contribution in [3.05, 3.63) is 343 Å². The second-order valence-electron chi connectivity index (χ2n) is 31.2. The number of Topliss-reactive ketones (excluding diaryl/α,β-unsaturated/α-hetero) is 2. The number of rotatable bonds is 29. The fourth-order valence-electron chi connectivity index (χ4n) is 11.3. The van der Waals surface area contributed by atoms with Crippen LogP contribution in [0.5, 0.6) is 23.0 Å². The molecule has 12 rings (SSSR count). The maximum atomic E-state index is 13.1. The van der Waals surface area contributed by atoms with Crippen LogP contribution in [0.1, 0.15) is 137 Å². The number of ether oxygens (including phenoxy) is 3. The molecular weight excluding hydrogens is 2330 g/mol. The van der Waals surface area contributed by atoms with Gasteiger partial charge < -0.3 is 39.7 Å². The van der Waals surface area contributed by atoms with Gasteiger partial charge in [-0.05, 0) is 223 Å². The van der Waals surface area contributed by atoms with E-state index in [1.165, 1.54) is 12.2 Å². The van der Waals surface area contributed by atoms with Crippen LogP contribution in [0.4, 0.5) is 13.2 Å². The van der Waals surface area contributed by atoms with Crippen LogP contribution in [0.2, 0.25) is 20.6 Å². The maximum absolute atomic E-state index is 13.1. The summed E-state index contributed by atoms with van der Waals surface area (Å²) in [4.78, 5) is 60.6. The number of allylic oxidation sites excluding steroid dienone is 1. The minimum Gasteiger partial charge on any atom is -0.504 e. The molecule has 0 amide bonds. The molecule has 7 aromatic carbocycles. The van der Waals surface area contributed by atoms with Crippen molar-refractivity contribution in [1.82, 2.24) is 24.7 Å². The molecule has 7 atom stereocenters. The monoisotopic (exact) mass is 2420 g/mol. The van der Waals surface area contributed by atoms with E-state index in [9.17, 15) is 61.2 Å². The molecule has 137 heavy (non-hydrogen) atoms. The predicted octanol–water partition coefficient (Wildman–Crippen LogP) is 23.4. The van der Waals surface area contributed by atoms with Gasteiger partial charge in [0.1, 0.15) is 29.7 Å². The van der Waals surface area contributed by atoms with Crippen LogP contribution in [-0.4, -0.2) is 148 Å². The summed E-state index contributed by atoms with van der Waals surface area (Å²) in [6, 6.07) is 75.0. The molecule has 4 aromatic heterocycles. The zero-order valence-corrected chi connectivity index (χ0v) is 90.2. The van der Waals surface area contributed by atoms with Crippen molar-refractivity contribution < 1.29 is 80.5 Å². The summed E-state index contributed by atoms with van der Waals surface area (Å²) < 4.78 is 90.0. The quantitative estimate of drug-likeness (QED) is 0.00634. The normalized spacial score (nSPS) is 14.3. The maximum Gasteiger partial charge on any atom is 0.420 e. The van der Waals surface area contributed by atoms with Gasteiger partial charge in [0.2, 0.25) is 0 Å². The highest BCUT2D eigenvalue weighted by Gasteiger charge is 2.47. The lowest BCUT2D eigenvalue weighted by Gasteiger charge is -2.30. The van der Waals surface area contributed by atoms with Crippen molar-refractivity contribution in [3.63, 3.8) is 0 Å². The fourth-order valence-corrected chi connectivity index (χ4v) is 20.6. The van der Waals surface area contributed by atoms with E-state index in [1.807, 2.05) is 254 Å². The summed E-state index contributed by atoms with van der Waals surface area (Å²) in [7, 11) is -3.03. The lowest BCUT2D eigenvalue weighted by molar-refractivity contribution is -0.208. The first-order valence-electron chi connectivity index (χ1n) is 41.3. The minimum absolute atomic E-state index is 0.00570. The molecular formula is C100H99Cl8F3I3N6O14PS2. The van der Waals surface area contributed by atoms with E-state index in [4.69, 9.17) is 112 Å². The Morgan fingerprint density at radius 3 is 1.20 bits per heavy atom. The van der Waals surface area contributed by atoms with Crippen molar-refractivity contribution in [2.45, 2.75) is 108 Å². The van der Waals surface area contributed by atoms with E-state index in [2.05, 4.69) is 88.0 Å². The molecule has 0 saturated heterocycles. The van der Waals surface area contributed by atoms with Gasteiger partial charge in [0.25, 0.3) is 0 Å². The Balaban J connectivity index is 0.000000256. The molecule has 20 nitrogen and oxygen atoms in total. The fraction of sp³-hybridized carbons (Fsp3) is 0.240. The van der Waals surface area contributed by atoms with Crippen LogP contribution in [-0.2, 0) is 46.7 Å². The van der Waals surface area contributed by atoms with Gasteiger partial charge in [-0.3, -0.25) is 19.2 Å². The highest BCUT2D eigenvalue weighted by Crippen LogP contribution is 2.47. The number of hydrogen-bond donors (Lipinski definition) is 6. The second kappa shape index (κ2) is 58.7. The number of pyridine rings is 4. The Kier molecular flexibility index (Phi) is 50.6. The molecule has 0 radical (unpaired) electrons. The van der Waals surface area contributed by atoms with Crippen LogP contribution in [0.3, 0.4) is 0 Å². The van der Waals surface area contributed by atoms with Gasteiger partial charge in [-0.15, -0.1) is 46.4 Å². The summed E-state index contributed by atoms with van der Waals surface area (Å²) in [5.74, 6) is 2.33. The molecule has 1 aliphatic heterocycles. The van der Waals surface area contributed by atoms with Gasteiger partial charge in [0.15, 0.2) is 79.5 Å². The molecule has 5 heterocycles. The van der Waals surface area contributed by atoms with Crippen molar-refractivity contribution >= 4 is 264 Å². The highest BCUT2D eigenvalue weighted by atomic mass is 127. The van der Waals surface area contributed by atoms with Crippen LogP contribution in [0, 0.1) is 10.7 Å². The SMILES string of the molecule is CC(C)(C)S(=O)NC1(/C=C/c2ccccc2)COc2c1cc(C(O)C(F)(F)F)nc2Cl.CC(O)c1cc(I)c(O)c(Cl)n1.CC(O)c1cc(I)c(OCC(/C=C/c2ccccc2)=NS(=O)C(C)(C)C)c(Cl)n1.CC(O)c1cc(I)c(OCC(=O)/C=C/c2ccccc2)c(Cl)n1.O=C(/C=C/c1ccccc1)CCl.O=C(C=P(c1ccccc1)(c1ccccc1)c1ccccc1)CCl.O=C(CCl)CCl. The first-order valence-corrected chi connectivity index (χ1v) is 52.3. The topological polar surface area (TPSA) is 307 Å².